The van der Waals surface area contributed by atoms with E-state index in [0.29, 0.717) is 16.6 Å². The summed E-state index contributed by atoms with van der Waals surface area (Å²) in [5.74, 6) is 0.279. The van der Waals surface area contributed by atoms with E-state index < -0.39 is 0 Å². The molecule has 2 rings (SSSR count). The molecule has 2 atom stereocenters. The molecule has 3 nitrogen and oxygen atoms in total. The topological polar surface area (TPSA) is 39.2 Å². The molecule has 104 valence electrons. The van der Waals surface area contributed by atoms with Crippen molar-refractivity contribution in [2.24, 2.45) is 11.3 Å². The average Bonchev–Trinajstić information content (AvgIpc) is 2.25. The van der Waals surface area contributed by atoms with Gasteiger partial charge in [0.05, 0.1) is 5.56 Å². The van der Waals surface area contributed by atoms with Crippen LogP contribution in [-0.4, -0.2) is 17.1 Å². The zero-order chi connectivity index (χ0) is 14.0. The molecule has 0 spiro atoms. The zero-order valence-corrected chi connectivity index (χ0v) is 12.4. The van der Waals surface area contributed by atoms with Gasteiger partial charge in [0.1, 0.15) is 11.3 Å². The Morgan fingerprint density at radius 3 is 2.84 bits per heavy atom. The Hall–Kier alpha value is -1.09. The first-order valence-electron chi connectivity index (χ1n) is 6.68. The molecular weight excluding hydrogens is 262 g/mol. The fourth-order valence-corrected chi connectivity index (χ4v) is 3.27. The maximum Gasteiger partial charge on any atom is 0.338 e. The van der Waals surface area contributed by atoms with E-state index in [1.54, 1.807) is 12.1 Å². The lowest BCUT2D eigenvalue weighted by atomic mass is 9.71. The standard InChI is InChI=1S/C15H20ClNO2/c1-10-6-12(9-15(2,3)8-10)19-14(18)11-4-5-17-13(16)7-11/h4-5,7,10,12H,6,8-9H2,1-3H3. The normalized spacial score (nSPS) is 25.9. The fourth-order valence-electron chi connectivity index (χ4n) is 3.10. The van der Waals surface area contributed by atoms with E-state index in [9.17, 15) is 4.79 Å². The van der Waals surface area contributed by atoms with E-state index in [1.165, 1.54) is 12.6 Å². The summed E-state index contributed by atoms with van der Waals surface area (Å²) in [4.78, 5) is 15.9. The first kappa shape index (κ1) is 14.3. The van der Waals surface area contributed by atoms with Crippen LogP contribution in [0.5, 0.6) is 0 Å². The molecule has 1 aromatic rings. The maximum atomic E-state index is 12.1. The van der Waals surface area contributed by atoms with Gasteiger partial charge in [0.15, 0.2) is 0 Å². The van der Waals surface area contributed by atoms with Gasteiger partial charge in [-0.1, -0.05) is 32.4 Å². The summed E-state index contributed by atoms with van der Waals surface area (Å²) in [5, 5.41) is 0.312. The van der Waals surface area contributed by atoms with Crippen LogP contribution in [0.15, 0.2) is 18.3 Å². The predicted octanol–water partition coefficient (Wildman–Crippen LogP) is 4.11. The summed E-state index contributed by atoms with van der Waals surface area (Å²) < 4.78 is 5.61. The minimum Gasteiger partial charge on any atom is -0.459 e. The molecule has 0 bridgehead atoms. The second-order valence-electron chi connectivity index (χ2n) is 6.31. The van der Waals surface area contributed by atoms with Gasteiger partial charge in [-0.2, -0.15) is 0 Å². The highest BCUT2D eigenvalue weighted by atomic mass is 35.5. The molecule has 0 aromatic carbocycles. The van der Waals surface area contributed by atoms with Gasteiger partial charge in [-0.05, 0) is 42.7 Å². The van der Waals surface area contributed by atoms with E-state index in [-0.39, 0.29) is 17.5 Å². The van der Waals surface area contributed by atoms with E-state index in [0.717, 1.165) is 12.8 Å². The number of ether oxygens (including phenoxy) is 1. The average molecular weight is 282 g/mol. The predicted molar refractivity (Wildman–Crippen MR) is 75.2 cm³/mol. The van der Waals surface area contributed by atoms with Crippen LogP contribution >= 0.6 is 11.6 Å². The van der Waals surface area contributed by atoms with Gasteiger partial charge in [-0.25, -0.2) is 9.78 Å². The summed E-state index contributed by atoms with van der Waals surface area (Å²) in [6.45, 7) is 6.67. The largest absolute Gasteiger partial charge is 0.459 e. The molecule has 0 saturated heterocycles. The van der Waals surface area contributed by atoms with Gasteiger partial charge in [-0.3, -0.25) is 0 Å². The summed E-state index contributed by atoms with van der Waals surface area (Å²) in [5.41, 5.74) is 0.703. The first-order chi connectivity index (χ1) is 8.85. The number of aromatic nitrogens is 1. The van der Waals surface area contributed by atoms with Gasteiger partial charge in [0.25, 0.3) is 0 Å². The number of hydrogen-bond acceptors (Lipinski definition) is 3. The number of nitrogens with zero attached hydrogens (tertiary/aromatic N) is 1. The fraction of sp³-hybridized carbons (Fsp3) is 0.600. The van der Waals surface area contributed by atoms with Crippen molar-refractivity contribution >= 4 is 17.6 Å². The first-order valence-corrected chi connectivity index (χ1v) is 7.06. The lowest BCUT2D eigenvalue weighted by Crippen LogP contribution is -2.34. The van der Waals surface area contributed by atoms with Crippen LogP contribution in [0.1, 0.15) is 50.4 Å². The second-order valence-corrected chi connectivity index (χ2v) is 6.70. The van der Waals surface area contributed by atoms with Gasteiger partial charge in [0.2, 0.25) is 0 Å². The zero-order valence-electron chi connectivity index (χ0n) is 11.6. The number of carbonyl (C=O) groups is 1. The van der Waals surface area contributed by atoms with Crippen LogP contribution in [0.3, 0.4) is 0 Å². The molecule has 2 unspecified atom stereocenters. The molecule has 4 heteroatoms. The third-order valence-corrected chi connectivity index (χ3v) is 3.79. The summed E-state index contributed by atoms with van der Waals surface area (Å²) in [7, 11) is 0. The molecular formula is C15H20ClNO2. The third kappa shape index (κ3) is 3.93. The SMILES string of the molecule is CC1CC(OC(=O)c2ccnc(Cl)c2)CC(C)(C)C1. The Labute approximate surface area is 119 Å². The van der Waals surface area contributed by atoms with E-state index >= 15 is 0 Å². The van der Waals surface area contributed by atoms with Crippen LogP contribution in [0, 0.1) is 11.3 Å². The number of hydrogen-bond donors (Lipinski definition) is 0. The molecule has 1 aliphatic carbocycles. The quantitative estimate of drug-likeness (QED) is 0.605. The number of esters is 1. The number of halogens is 1. The molecule has 0 amide bonds. The molecule has 19 heavy (non-hydrogen) atoms. The van der Waals surface area contributed by atoms with Crippen LogP contribution in [-0.2, 0) is 4.74 Å². The Bertz CT molecular complexity index is 473. The Kier molecular flexibility index (Phi) is 4.14. The smallest absolute Gasteiger partial charge is 0.338 e. The summed E-state index contributed by atoms with van der Waals surface area (Å²) in [6, 6.07) is 3.17. The van der Waals surface area contributed by atoms with Crippen molar-refractivity contribution in [1.82, 2.24) is 4.98 Å². The number of carbonyl (C=O) groups excluding carboxylic acids is 1. The van der Waals surface area contributed by atoms with Gasteiger partial charge < -0.3 is 4.74 Å². The van der Waals surface area contributed by atoms with Crippen molar-refractivity contribution in [2.45, 2.75) is 46.1 Å². The number of pyridine rings is 1. The molecule has 0 radical (unpaired) electrons. The Morgan fingerprint density at radius 1 is 1.47 bits per heavy atom. The molecule has 0 aliphatic heterocycles. The second kappa shape index (κ2) is 5.49. The summed E-state index contributed by atoms with van der Waals surface area (Å²) >= 11 is 5.78. The van der Waals surface area contributed by atoms with Gasteiger partial charge in [-0.15, -0.1) is 0 Å². The van der Waals surface area contributed by atoms with Crippen LogP contribution in [0.25, 0.3) is 0 Å². The number of rotatable bonds is 2. The van der Waals surface area contributed by atoms with Gasteiger partial charge in [0, 0.05) is 6.20 Å². The van der Waals surface area contributed by atoms with Crippen molar-refractivity contribution in [3.8, 4) is 0 Å². The molecule has 1 saturated carbocycles. The lowest BCUT2D eigenvalue weighted by Gasteiger charge is -2.38. The van der Waals surface area contributed by atoms with Crippen molar-refractivity contribution in [1.29, 1.82) is 0 Å². The van der Waals surface area contributed by atoms with Crippen LogP contribution < -0.4 is 0 Å². The molecule has 1 aliphatic rings. The minimum atomic E-state index is -0.306. The minimum absolute atomic E-state index is 0.00168. The van der Waals surface area contributed by atoms with E-state index in [1.807, 2.05) is 0 Å². The van der Waals surface area contributed by atoms with E-state index in [4.69, 9.17) is 16.3 Å². The molecule has 1 fully saturated rings. The van der Waals surface area contributed by atoms with Crippen molar-refractivity contribution in [2.75, 3.05) is 0 Å². The third-order valence-electron chi connectivity index (χ3n) is 3.58. The summed E-state index contributed by atoms with van der Waals surface area (Å²) in [6.07, 6.45) is 4.56. The van der Waals surface area contributed by atoms with Crippen molar-refractivity contribution < 1.29 is 9.53 Å². The molecule has 1 heterocycles. The molecule has 1 aromatic heterocycles. The lowest BCUT2D eigenvalue weighted by molar-refractivity contribution is -0.00715. The Morgan fingerprint density at radius 2 is 2.21 bits per heavy atom. The van der Waals surface area contributed by atoms with Crippen LogP contribution in [0.2, 0.25) is 5.15 Å². The highest BCUT2D eigenvalue weighted by Gasteiger charge is 2.34. The monoisotopic (exact) mass is 281 g/mol. The highest BCUT2D eigenvalue weighted by molar-refractivity contribution is 6.29. The van der Waals surface area contributed by atoms with E-state index in [2.05, 4.69) is 25.8 Å². The van der Waals surface area contributed by atoms with Crippen LogP contribution in [0.4, 0.5) is 0 Å². The maximum absolute atomic E-state index is 12.1. The highest BCUT2D eigenvalue weighted by Crippen LogP contribution is 2.39. The van der Waals surface area contributed by atoms with Crippen molar-refractivity contribution in [3.63, 3.8) is 0 Å². The Balaban J connectivity index is 2.03. The van der Waals surface area contributed by atoms with Crippen molar-refractivity contribution in [3.05, 3.63) is 29.0 Å². The van der Waals surface area contributed by atoms with Gasteiger partial charge >= 0.3 is 5.97 Å². The molecule has 0 N–H and O–H groups in total.